The van der Waals surface area contributed by atoms with Crippen molar-refractivity contribution >= 4 is 11.5 Å². The normalized spacial score (nSPS) is 21.4. The van der Waals surface area contributed by atoms with Crippen molar-refractivity contribution < 1.29 is 4.74 Å². The Bertz CT molecular complexity index is 721. The second-order valence-corrected chi connectivity index (χ2v) is 6.88. The molecule has 1 saturated heterocycles. The van der Waals surface area contributed by atoms with Crippen LogP contribution >= 0.6 is 0 Å². The molecule has 4 nitrogen and oxygen atoms in total. The third-order valence-electron chi connectivity index (χ3n) is 4.88. The second kappa shape index (κ2) is 7.38. The molecule has 0 aromatic heterocycles. The summed E-state index contributed by atoms with van der Waals surface area (Å²) in [5.74, 6) is 1.05. The summed E-state index contributed by atoms with van der Waals surface area (Å²) in [5.41, 5.74) is 3.63. The van der Waals surface area contributed by atoms with Crippen LogP contribution in [0.15, 0.2) is 59.6 Å². The van der Waals surface area contributed by atoms with E-state index >= 15 is 0 Å². The average Bonchev–Trinajstić information content (AvgIpc) is 3.16. The first-order valence-corrected chi connectivity index (χ1v) is 9.07. The highest BCUT2D eigenvalue weighted by Gasteiger charge is 2.26. The Hall–Kier alpha value is -2.17. The van der Waals surface area contributed by atoms with Gasteiger partial charge in [0.2, 0.25) is 0 Å². The van der Waals surface area contributed by atoms with E-state index < -0.39 is 0 Å². The van der Waals surface area contributed by atoms with E-state index in [1.165, 1.54) is 23.2 Å². The fourth-order valence-corrected chi connectivity index (χ4v) is 3.52. The Balaban J connectivity index is 1.61. The number of aliphatic imine (C=N–C) groups is 1. The summed E-state index contributed by atoms with van der Waals surface area (Å²) in [4.78, 5) is 9.61. The minimum absolute atomic E-state index is 0.355. The topological polar surface area (TPSA) is 28.1 Å². The summed E-state index contributed by atoms with van der Waals surface area (Å²) in [6.07, 6.45) is 2.70. The first-order valence-electron chi connectivity index (χ1n) is 9.07. The number of benzene rings is 2. The molecule has 0 N–H and O–H groups in total. The highest BCUT2D eigenvalue weighted by molar-refractivity contribution is 6.10. The number of anilines is 1. The van der Waals surface area contributed by atoms with Crippen LogP contribution in [0.5, 0.6) is 0 Å². The molecule has 0 aliphatic carbocycles. The van der Waals surface area contributed by atoms with Crippen LogP contribution in [0, 0.1) is 6.92 Å². The van der Waals surface area contributed by atoms with Crippen molar-refractivity contribution in [1.82, 2.24) is 4.90 Å². The van der Waals surface area contributed by atoms with Gasteiger partial charge >= 0.3 is 0 Å². The van der Waals surface area contributed by atoms with Gasteiger partial charge in [-0.3, -0.25) is 9.89 Å². The Kier molecular flexibility index (Phi) is 4.81. The Morgan fingerprint density at radius 1 is 1.08 bits per heavy atom. The smallest absolute Gasteiger partial charge is 0.137 e. The van der Waals surface area contributed by atoms with Crippen LogP contribution in [-0.2, 0) is 4.74 Å². The maximum absolute atomic E-state index is 5.82. The fourth-order valence-electron chi connectivity index (χ4n) is 3.52. The summed E-state index contributed by atoms with van der Waals surface area (Å²) in [6, 6.07) is 19.2. The van der Waals surface area contributed by atoms with E-state index in [1.54, 1.807) is 0 Å². The molecule has 1 atom stereocenters. The predicted molar refractivity (Wildman–Crippen MR) is 102 cm³/mol. The van der Waals surface area contributed by atoms with E-state index in [0.717, 1.165) is 38.7 Å². The molecule has 130 valence electrons. The van der Waals surface area contributed by atoms with Crippen molar-refractivity contribution in [2.24, 2.45) is 4.99 Å². The molecule has 0 bridgehead atoms. The Labute approximate surface area is 149 Å². The van der Waals surface area contributed by atoms with Crippen LogP contribution in [-0.4, -0.2) is 43.3 Å². The summed E-state index contributed by atoms with van der Waals surface area (Å²) < 4.78 is 5.82. The number of nitrogens with zero attached hydrogens (tertiary/aromatic N) is 3. The van der Waals surface area contributed by atoms with Gasteiger partial charge in [-0.1, -0.05) is 48.0 Å². The number of amidine groups is 1. The molecule has 0 amide bonds. The van der Waals surface area contributed by atoms with E-state index in [1.807, 2.05) is 6.07 Å². The molecule has 0 spiro atoms. The van der Waals surface area contributed by atoms with Gasteiger partial charge in [-0.25, -0.2) is 0 Å². The summed E-state index contributed by atoms with van der Waals surface area (Å²) in [6.45, 7) is 5.55. The summed E-state index contributed by atoms with van der Waals surface area (Å²) in [7, 11) is 0. The molecule has 4 rings (SSSR count). The predicted octanol–water partition coefficient (Wildman–Crippen LogP) is 3.66. The molecule has 0 unspecified atom stereocenters. The SMILES string of the molecule is Cc1ccc(N2CN(C[C@@H]3CCCO3)CN=C2c2ccccc2)cc1. The van der Waals surface area contributed by atoms with Crippen molar-refractivity contribution in [3.8, 4) is 0 Å². The maximum Gasteiger partial charge on any atom is 0.137 e. The van der Waals surface area contributed by atoms with Gasteiger partial charge in [-0.2, -0.15) is 0 Å². The zero-order chi connectivity index (χ0) is 17.1. The van der Waals surface area contributed by atoms with Crippen LogP contribution in [0.4, 0.5) is 5.69 Å². The van der Waals surface area contributed by atoms with E-state index in [9.17, 15) is 0 Å². The van der Waals surface area contributed by atoms with E-state index in [0.29, 0.717) is 6.10 Å². The van der Waals surface area contributed by atoms with Gasteiger partial charge in [0.1, 0.15) is 5.84 Å². The van der Waals surface area contributed by atoms with Gasteiger partial charge < -0.3 is 9.64 Å². The standard InChI is InChI=1S/C21H25N3O/c1-17-9-11-19(12-10-17)24-16-23(14-20-8-5-13-25-20)15-22-21(24)18-6-3-2-4-7-18/h2-4,6-7,9-12,20H,5,8,13-16H2,1H3/t20-/m0/s1. The molecular formula is C21H25N3O. The highest BCUT2D eigenvalue weighted by Crippen LogP contribution is 2.23. The second-order valence-electron chi connectivity index (χ2n) is 6.88. The Morgan fingerprint density at radius 3 is 2.60 bits per heavy atom. The summed E-state index contributed by atoms with van der Waals surface area (Å²) in [5, 5.41) is 0. The number of ether oxygens (including phenoxy) is 1. The van der Waals surface area contributed by atoms with Gasteiger partial charge in [0.25, 0.3) is 0 Å². The van der Waals surface area contributed by atoms with Crippen LogP contribution in [0.2, 0.25) is 0 Å². The molecule has 2 aromatic carbocycles. The van der Waals surface area contributed by atoms with Crippen molar-refractivity contribution in [2.45, 2.75) is 25.9 Å². The molecule has 2 aliphatic rings. The van der Waals surface area contributed by atoms with Gasteiger partial charge in [-0.05, 0) is 31.9 Å². The van der Waals surface area contributed by atoms with Crippen molar-refractivity contribution in [3.05, 3.63) is 65.7 Å². The number of hydrogen-bond donors (Lipinski definition) is 0. The molecular weight excluding hydrogens is 310 g/mol. The zero-order valence-electron chi connectivity index (χ0n) is 14.8. The molecule has 1 fully saturated rings. The monoisotopic (exact) mass is 335 g/mol. The molecule has 2 heterocycles. The lowest BCUT2D eigenvalue weighted by molar-refractivity contribution is 0.0739. The lowest BCUT2D eigenvalue weighted by atomic mass is 10.1. The quantitative estimate of drug-likeness (QED) is 0.853. The first kappa shape index (κ1) is 16.3. The van der Waals surface area contributed by atoms with Crippen molar-refractivity contribution in [2.75, 3.05) is 31.4 Å². The third-order valence-corrected chi connectivity index (χ3v) is 4.88. The minimum atomic E-state index is 0.355. The van der Waals surface area contributed by atoms with Gasteiger partial charge in [-0.15, -0.1) is 0 Å². The lowest BCUT2D eigenvalue weighted by Crippen LogP contribution is -2.48. The van der Waals surface area contributed by atoms with Crippen LogP contribution in [0.3, 0.4) is 0 Å². The lowest BCUT2D eigenvalue weighted by Gasteiger charge is -2.37. The molecule has 2 aromatic rings. The molecule has 2 aliphatic heterocycles. The van der Waals surface area contributed by atoms with Gasteiger partial charge in [0.05, 0.1) is 19.4 Å². The van der Waals surface area contributed by atoms with E-state index in [-0.39, 0.29) is 0 Å². The third kappa shape index (κ3) is 3.75. The van der Waals surface area contributed by atoms with Crippen LogP contribution in [0.1, 0.15) is 24.0 Å². The van der Waals surface area contributed by atoms with Crippen molar-refractivity contribution in [3.63, 3.8) is 0 Å². The van der Waals surface area contributed by atoms with Crippen LogP contribution < -0.4 is 4.90 Å². The van der Waals surface area contributed by atoms with E-state index in [4.69, 9.17) is 9.73 Å². The zero-order valence-corrected chi connectivity index (χ0v) is 14.8. The van der Waals surface area contributed by atoms with Gasteiger partial charge in [0, 0.05) is 24.4 Å². The highest BCUT2D eigenvalue weighted by atomic mass is 16.5. The molecule has 0 radical (unpaired) electrons. The number of aryl methyl sites for hydroxylation is 1. The fraction of sp³-hybridized carbons (Fsp3) is 0.381. The maximum atomic E-state index is 5.82. The summed E-state index contributed by atoms with van der Waals surface area (Å²) >= 11 is 0. The molecule has 25 heavy (non-hydrogen) atoms. The minimum Gasteiger partial charge on any atom is -0.377 e. The molecule has 4 heteroatoms. The average molecular weight is 335 g/mol. The van der Waals surface area contributed by atoms with Crippen LogP contribution in [0.25, 0.3) is 0 Å². The Morgan fingerprint density at radius 2 is 1.88 bits per heavy atom. The number of hydrogen-bond acceptors (Lipinski definition) is 4. The van der Waals surface area contributed by atoms with Gasteiger partial charge in [0.15, 0.2) is 0 Å². The number of rotatable bonds is 4. The molecule has 0 saturated carbocycles. The van der Waals surface area contributed by atoms with Crippen molar-refractivity contribution in [1.29, 1.82) is 0 Å². The van der Waals surface area contributed by atoms with E-state index in [2.05, 4.69) is 65.3 Å². The first-order chi connectivity index (χ1) is 12.3. The largest absolute Gasteiger partial charge is 0.377 e.